The van der Waals surface area contributed by atoms with Crippen molar-refractivity contribution in [2.24, 2.45) is 0 Å². The van der Waals surface area contributed by atoms with Gasteiger partial charge in [0.2, 0.25) is 0 Å². The van der Waals surface area contributed by atoms with Gasteiger partial charge in [0, 0.05) is 6.07 Å². The molecule has 1 aromatic carbocycles. The summed E-state index contributed by atoms with van der Waals surface area (Å²) in [6.07, 6.45) is -6.33. The van der Waals surface area contributed by atoms with Gasteiger partial charge in [0.1, 0.15) is 11.4 Å². The van der Waals surface area contributed by atoms with Crippen molar-refractivity contribution in [3.8, 4) is 0 Å². The van der Waals surface area contributed by atoms with Crippen LogP contribution < -0.4 is 0 Å². The van der Waals surface area contributed by atoms with Gasteiger partial charge in [0.15, 0.2) is 17.5 Å². The number of alkyl halides is 5. The van der Waals surface area contributed by atoms with Crippen LogP contribution in [-0.2, 0) is 5.92 Å². The Labute approximate surface area is 87.7 Å². The lowest BCUT2D eigenvalue weighted by molar-refractivity contribution is -0.291. The third-order valence-corrected chi connectivity index (χ3v) is 1.78. The maximum absolute atomic E-state index is 12.7. The second-order valence-corrected chi connectivity index (χ2v) is 2.92. The summed E-state index contributed by atoms with van der Waals surface area (Å²) in [5, 5.41) is 0. The largest absolute Gasteiger partial charge is 0.458 e. The van der Waals surface area contributed by atoms with Crippen LogP contribution in [0.25, 0.3) is 0 Å². The topological polar surface area (TPSA) is 0 Å². The fourth-order valence-electron chi connectivity index (χ4n) is 0.996. The van der Waals surface area contributed by atoms with Crippen molar-refractivity contribution in [3.05, 3.63) is 34.9 Å². The summed E-state index contributed by atoms with van der Waals surface area (Å²) in [4.78, 5) is 0. The van der Waals surface area contributed by atoms with Gasteiger partial charge < -0.3 is 0 Å². The van der Waals surface area contributed by atoms with Crippen LogP contribution in [0.4, 0.5) is 39.5 Å². The van der Waals surface area contributed by atoms with Crippen molar-refractivity contribution < 1.29 is 39.5 Å². The summed E-state index contributed by atoms with van der Waals surface area (Å²) in [6.45, 7) is 0. The predicted octanol–water partition coefficient (Wildman–Crippen LogP) is 3.90. The van der Waals surface area contributed by atoms with Gasteiger partial charge in [-0.05, 0) is 0 Å². The third kappa shape index (κ3) is 2.05. The smallest absolute Gasteiger partial charge is 0.206 e. The van der Waals surface area contributed by atoms with Gasteiger partial charge in [-0.1, -0.05) is 0 Å². The van der Waals surface area contributed by atoms with E-state index in [1.807, 2.05) is 0 Å². The standard InChI is InChI=1S/C8HF9/c9-2-1-3(10)5(11)6(12)4(2)7(13,14)8(15,16)17/h1H. The Morgan fingerprint density at radius 1 is 0.706 bits per heavy atom. The highest BCUT2D eigenvalue weighted by Gasteiger charge is 2.61. The SMILES string of the molecule is Fc1cc(F)c(C(F)(F)C(F)(F)F)c(F)c1F. The lowest BCUT2D eigenvalue weighted by Crippen LogP contribution is -2.36. The molecule has 0 spiro atoms. The molecule has 0 radical (unpaired) electrons. The number of halogens is 9. The molecule has 0 aliphatic carbocycles. The summed E-state index contributed by atoms with van der Waals surface area (Å²) in [5.41, 5.74) is -2.87. The first-order valence-electron chi connectivity index (χ1n) is 3.78. The van der Waals surface area contributed by atoms with E-state index in [0.29, 0.717) is 0 Å². The Balaban J connectivity index is 3.58. The van der Waals surface area contributed by atoms with Crippen LogP contribution in [0.1, 0.15) is 5.56 Å². The average Bonchev–Trinajstić information content (AvgIpc) is 2.12. The van der Waals surface area contributed by atoms with Crippen LogP contribution in [0.15, 0.2) is 6.07 Å². The average molecular weight is 268 g/mol. The van der Waals surface area contributed by atoms with Crippen LogP contribution in [-0.4, -0.2) is 6.18 Å². The first kappa shape index (κ1) is 13.7. The zero-order chi connectivity index (χ0) is 13.6. The van der Waals surface area contributed by atoms with E-state index in [-0.39, 0.29) is 0 Å². The highest BCUT2D eigenvalue weighted by molar-refractivity contribution is 5.27. The van der Waals surface area contributed by atoms with Crippen LogP contribution >= 0.6 is 0 Å². The molecule has 17 heavy (non-hydrogen) atoms. The molecule has 1 rings (SSSR count). The molecule has 0 aliphatic rings. The molecule has 0 heterocycles. The molecule has 0 saturated carbocycles. The molecule has 0 aliphatic heterocycles. The van der Waals surface area contributed by atoms with E-state index < -0.39 is 47.0 Å². The summed E-state index contributed by atoms with van der Waals surface area (Å²) in [5.74, 6) is -16.2. The van der Waals surface area contributed by atoms with Gasteiger partial charge in [0.25, 0.3) is 0 Å². The van der Waals surface area contributed by atoms with E-state index in [2.05, 4.69) is 0 Å². The Kier molecular flexibility index (Phi) is 3.06. The van der Waals surface area contributed by atoms with Crippen LogP contribution in [0.5, 0.6) is 0 Å². The molecule has 0 amide bonds. The molecule has 96 valence electrons. The molecule has 0 unspecified atom stereocenters. The number of rotatable bonds is 1. The predicted molar refractivity (Wildman–Crippen MR) is 36.2 cm³/mol. The highest BCUT2D eigenvalue weighted by atomic mass is 19.4. The lowest BCUT2D eigenvalue weighted by Gasteiger charge is -2.21. The molecule has 0 N–H and O–H groups in total. The number of benzene rings is 1. The first-order chi connectivity index (χ1) is 7.50. The minimum atomic E-state index is -6.33. The maximum atomic E-state index is 12.7. The van der Waals surface area contributed by atoms with E-state index in [1.165, 1.54) is 0 Å². The Morgan fingerprint density at radius 2 is 1.18 bits per heavy atom. The molecule has 0 nitrogen and oxygen atoms in total. The van der Waals surface area contributed by atoms with Gasteiger partial charge >= 0.3 is 12.1 Å². The highest BCUT2D eigenvalue weighted by Crippen LogP contribution is 2.46. The van der Waals surface area contributed by atoms with Crippen LogP contribution in [0, 0.1) is 23.3 Å². The van der Waals surface area contributed by atoms with Crippen molar-refractivity contribution in [1.29, 1.82) is 0 Å². The number of hydrogen-bond donors (Lipinski definition) is 0. The Bertz CT molecular complexity index is 445. The number of hydrogen-bond acceptors (Lipinski definition) is 0. The molecule has 0 atom stereocenters. The molecular formula is C8HF9. The molecule has 9 heteroatoms. The fraction of sp³-hybridized carbons (Fsp3) is 0.250. The van der Waals surface area contributed by atoms with Crippen molar-refractivity contribution >= 4 is 0 Å². The minimum Gasteiger partial charge on any atom is -0.206 e. The Hall–Kier alpha value is -1.41. The quantitative estimate of drug-likeness (QED) is 0.411. The monoisotopic (exact) mass is 268 g/mol. The molecule has 1 aromatic rings. The van der Waals surface area contributed by atoms with Crippen LogP contribution in [0.2, 0.25) is 0 Å². The van der Waals surface area contributed by atoms with Crippen molar-refractivity contribution in [2.75, 3.05) is 0 Å². The second kappa shape index (κ2) is 3.81. The van der Waals surface area contributed by atoms with Crippen molar-refractivity contribution in [1.82, 2.24) is 0 Å². The van der Waals surface area contributed by atoms with Gasteiger partial charge in [-0.2, -0.15) is 22.0 Å². The fourth-order valence-corrected chi connectivity index (χ4v) is 0.996. The zero-order valence-electron chi connectivity index (χ0n) is 7.48. The summed E-state index contributed by atoms with van der Waals surface area (Å²) < 4.78 is 111. The molecule has 0 saturated heterocycles. The van der Waals surface area contributed by atoms with E-state index in [9.17, 15) is 39.5 Å². The molecule has 0 fully saturated rings. The normalized spacial score (nSPS) is 13.0. The molecule has 0 aromatic heterocycles. The van der Waals surface area contributed by atoms with E-state index >= 15 is 0 Å². The summed E-state index contributed by atoms with van der Waals surface area (Å²) in [7, 11) is 0. The van der Waals surface area contributed by atoms with Gasteiger partial charge in [-0.3, -0.25) is 0 Å². The summed E-state index contributed by atoms with van der Waals surface area (Å²) in [6, 6.07) is -0.590. The van der Waals surface area contributed by atoms with E-state index in [1.54, 1.807) is 0 Å². The summed E-state index contributed by atoms with van der Waals surface area (Å²) >= 11 is 0. The van der Waals surface area contributed by atoms with E-state index in [4.69, 9.17) is 0 Å². The van der Waals surface area contributed by atoms with Gasteiger partial charge in [0.05, 0.1) is 0 Å². The third-order valence-electron chi connectivity index (χ3n) is 1.78. The lowest BCUT2D eigenvalue weighted by atomic mass is 10.1. The van der Waals surface area contributed by atoms with Crippen molar-refractivity contribution in [2.45, 2.75) is 12.1 Å². The van der Waals surface area contributed by atoms with E-state index in [0.717, 1.165) is 0 Å². The van der Waals surface area contributed by atoms with Crippen LogP contribution in [0.3, 0.4) is 0 Å². The van der Waals surface area contributed by atoms with Gasteiger partial charge in [-0.25, -0.2) is 17.6 Å². The maximum Gasteiger partial charge on any atom is 0.458 e. The minimum absolute atomic E-state index is 0.590. The molecular weight excluding hydrogens is 267 g/mol. The van der Waals surface area contributed by atoms with Gasteiger partial charge in [-0.15, -0.1) is 0 Å². The van der Waals surface area contributed by atoms with Crippen molar-refractivity contribution in [3.63, 3.8) is 0 Å². The molecule has 0 bridgehead atoms. The second-order valence-electron chi connectivity index (χ2n) is 2.92. The first-order valence-corrected chi connectivity index (χ1v) is 3.78. The Morgan fingerprint density at radius 3 is 1.59 bits per heavy atom. The zero-order valence-corrected chi connectivity index (χ0v) is 7.48.